The first-order chi connectivity index (χ1) is 11.8. The van der Waals surface area contributed by atoms with E-state index in [-0.39, 0.29) is 0 Å². The van der Waals surface area contributed by atoms with Gasteiger partial charge in [-0.3, -0.25) is 0 Å². The standard InChI is InChI=1S/C12H9NO.C6H8BNO2/c1-3-7-11-9(5-1)13-10-6-2-4-8-12(10)14-11;8-10-7(9)6-4-2-1-3-5-6/h1-8,13H;1-5,9H,8H2. The van der Waals surface area contributed by atoms with Gasteiger partial charge in [-0.15, -0.1) is 0 Å². The van der Waals surface area contributed by atoms with Gasteiger partial charge in [-0.1, -0.05) is 54.6 Å². The number of anilines is 2. The predicted octanol–water partition coefficient (Wildman–Crippen LogP) is 2.80. The molecular weight excluding hydrogens is 303 g/mol. The summed E-state index contributed by atoms with van der Waals surface area (Å²) in [7, 11) is -1.01. The molecule has 0 saturated heterocycles. The number of ether oxygens (including phenoxy) is 1. The highest BCUT2D eigenvalue weighted by molar-refractivity contribution is 6.59. The van der Waals surface area contributed by atoms with Crippen molar-refractivity contribution in [2.45, 2.75) is 0 Å². The van der Waals surface area contributed by atoms with Crippen LogP contribution in [0.3, 0.4) is 0 Å². The van der Waals surface area contributed by atoms with Crippen LogP contribution in [-0.2, 0) is 4.76 Å². The third kappa shape index (κ3) is 3.75. The maximum atomic E-state index is 8.98. The molecule has 1 heterocycles. The number of rotatable bonds is 2. The van der Waals surface area contributed by atoms with Gasteiger partial charge in [-0.2, -0.15) is 0 Å². The summed E-state index contributed by atoms with van der Waals surface area (Å²) in [6.45, 7) is 0. The molecule has 0 atom stereocenters. The number of fused-ring (bicyclic) bond motifs is 2. The maximum absolute atomic E-state index is 8.98. The van der Waals surface area contributed by atoms with Gasteiger partial charge < -0.3 is 19.8 Å². The lowest BCUT2D eigenvalue weighted by molar-refractivity contribution is 0.281. The summed E-state index contributed by atoms with van der Waals surface area (Å²) < 4.78 is 9.91. The van der Waals surface area contributed by atoms with Crippen LogP contribution in [0.4, 0.5) is 11.4 Å². The second-order valence-corrected chi connectivity index (χ2v) is 5.12. The molecule has 1 aliphatic heterocycles. The van der Waals surface area contributed by atoms with Gasteiger partial charge >= 0.3 is 7.12 Å². The molecule has 3 aromatic carbocycles. The fourth-order valence-electron chi connectivity index (χ4n) is 2.28. The number of nitrogens with one attached hydrogen (secondary N) is 1. The van der Waals surface area contributed by atoms with Crippen LogP contribution >= 0.6 is 0 Å². The van der Waals surface area contributed by atoms with Crippen LogP contribution in [0.2, 0.25) is 0 Å². The Hall–Kier alpha value is -2.80. The molecule has 120 valence electrons. The molecule has 0 spiro atoms. The van der Waals surface area contributed by atoms with Crippen molar-refractivity contribution >= 4 is 24.0 Å². The van der Waals surface area contributed by atoms with Gasteiger partial charge in [0.15, 0.2) is 11.5 Å². The highest BCUT2D eigenvalue weighted by Crippen LogP contribution is 2.40. The lowest BCUT2D eigenvalue weighted by atomic mass is 9.80. The molecule has 0 saturated carbocycles. The lowest BCUT2D eigenvalue weighted by Crippen LogP contribution is -2.35. The van der Waals surface area contributed by atoms with Crippen LogP contribution in [0.5, 0.6) is 11.5 Å². The van der Waals surface area contributed by atoms with Crippen LogP contribution < -0.4 is 21.4 Å². The largest absolute Gasteiger partial charge is 0.508 e. The Balaban J connectivity index is 0.000000150. The molecule has 0 radical (unpaired) electrons. The van der Waals surface area contributed by atoms with Crippen molar-refractivity contribution in [2.75, 3.05) is 5.32 Å². The van der Waals surface area contributed by atoms with E-state index >= 15 is 0 Å². The molecule has 1 aliphatic rings. The first kappa shape index (κ1) is 16.1. The summed E-state index contributed by atoms with van der Waals surface area (Å²) in [4.78, 5) is 0. The van der Waals surface area contributed by atoms with Gasteiger partial charge in [0.05, 0.1) is 11.4 Å². The Morgan fingerprint density at radius 1 is 0.792 bits per heavy atom. The second kappa shape index (κ2) is 7.65. The molecule has 24 heavy (non-hydrogen) atoms. The van der Waals surface area contributed by atoms with Gasteiger partial charge in [0.1, 0.15) is 0 Å². The van der Waals surface area contributed by atoms with Crippen molar-refractivity contribution in [3.8, 4) is 11.5 Å². The molecule has 5 nitrogen and oxygen atoms in total. The van der Waals surface area contributed by atoms with E-state index < -0.39 is 7.12 Å². The Morgan fingerprint density at radius 3 is 1.83 bits per heavy atom. The Bertz CT molecular complexity index is 712. The van der Waals surface area contributed by atoms with Gasteiger partial charge in [-0.05, 0) is 29.7 Å². The zero-order valence-corrected chi connectivity index (χ0v) is 12.9. The highest BCUT2D eigenvalue weighted by Gasteiger charge is 2.14. The fraction of sp³-hybridized carbons (Fsp3) is 0. The molecule has 0 unspecified atom stereocenters. The van der Waals surface area contributed by atoms with Crippen molar-refractivity contribution in [3.63, 3.8) is 0 Å². The van der Waals surface area contributed by atoms with E-state index in [9.17, 15) is 0 Å². The van der Waals surface area contributed by atoms with Crippen molar-refractivity contribution in [1.82, 2.24) is 0 Å². The van der Waals surface area contributed by atoms with E-state index in [1.807, 2.05) is 54.6 Å². The monoisotopic (exact) mass is 320 g/mol. The third-order valence-corrected chi connectivity index (χ3v) is 3.48. The van der Waals surface area contributed by atoms with Crippen molar-refractivity contribution in [3.05, 3.63) is 78.9 Å². The molecule has 4 N–H and O–H groups in total. The van der Waals surface area contributed by atoms with Crippen molar-refractivity contribution in [2.24, 2.45) is 5.90 Å². The highest BCUT2D eigenvalue weighted by atomic mass is 16.6. The van der Waals surface area contributed by atoms with Crippen molar-refractivity contribution < 1.29 is 14.5 Å². The molecule has 6 heteroatoms. The molecule has 0 aromatic heterocycles. The quantitative estimate of drug-likeness (QED) is 0.391. The number of benzene rings is 3. The zero-order chi connectivity index (χ0) is 16.8. The third-order valence-electron chi connectivity index (χ3n) is 3.48. The smallest absolute Gasteiger partial charge is 0.453 e. The van der Waals surface area contributed by atoms with Gasteiger partial charge in [-0.25, -0.2) is 5.90 Å². The zero-order valence-electron chi connectivity index (χ0n) is 12.9. The first-order valence-corrected chi connectivity index (χ1v) is 7.49. The number of hydrogen-bond acceptors (Lipinski definition) is 5. The minimum Gasteiger partial charge on any atom is -0.453 e. The topological polar surface area (TPSA) is 76.7 Å². The Morgan fingerprint density at radius 2 is 1.29 bits per heavy atom. The average molecular weight is 320 g/mol. The molecular formula is C18H17BN2O3. The van der Waals surface area contributed by atoms with Gasteiger partial charge in [0.2, 0.25) is 0 Å². The first-order valence-electron chi connectivity index (χ1n) is 7.49. The normalized spacial score (nSPS) is 10.9. The second-order valence-electron chi connectivity index (χ2n) is 5.12. The summed E-state index contributed by atoms with van der Waals surface area (Å²) in [5.41, 5.74) is 2.70. The minimum absolute atomic E-state index is 0.657. The minimum atomic E-state index is -1.01. The van der Waals surface area contributed by atoms with Crippen LogP contribution in [-0.4, -0.2) is 12.1 Å². The molecule has 0 amide bonds. The Kier molecular flexibility index (Phi) is 5.13. The van der Waals surface area contributed by atoms with E-state index in [1.54, 1.807) is 24.3 Å². The summed E-state index contributed by atoms with van der Waals surface area (Å²) in [5, 5.41) is 12.3. The predicted molar refractivity (Wildman–Crippen MR) is 95.6 cm³/mol. The van der Waals surface area contributed by atoms with Crippen molar-refractivity contribution in [1.29, 1.82) is 0 Å². The van der Waals surface area contributed by atoms with Gasteiger partial charge in [0.25, 0.3) is 0 Å². The lowest BCUT2D eigenvalue weighted by Gasteiger charge is -2.20. The molecule has 3 aromatic rings. The van der Waals surface area contributed by atoms with Crippen LogP contribution in [0.25, 0.3) is 0 Å². The van der Waals surface area contributed by atoms with Gasteiger partial charge in [0, 0.05) is 0 Å². The molecule has 0 fully saturated rings. The SMILES string of the molecule is NOB(O)c1ccccc1.c1ccc2c(c1)Nc1ccccc1O2. The molecule has 0 bridgehead atoms. The van der Waals surface area contributed by atoms with Crippen LogP contribution in [0, 0.1) is 0 Å². The summed E-state index contributed by atoms with van der Waals surface area (Å²) in [5.74, 6) is 6.52. The van der Waals surface area contributed by atoms with E-state index in [2.05, 4.69) is 10.1 Å². The molecule has 4 rings (SSSR count). The summed E-state index contributed by atoms with van der Waals surface area (Å²) in [6, 6.07) is 24.8. The number of para-hydroxylation sites is 4. The summed E-state index contributed by atoms with van der Waals surface area (Å²) >= 11 is 0. The fourth-order valence-corrected chi connectivity index (χ4v) is 2.28. The average Bonchev–Trinajstić information content (AvgIpc) is 2.67. The summed E-state index contributed by atoms with van der Waals surface area (Å²) in [6.07, 6.45) is 0. The maximum Gasteiger partial charge on any atom is 0.508 e. The van der Waals surface area contributed by atoms with E-state index in [0.29, 0.717) is 5.46 Å². The Labute approximate surface area is 140 Å². The van der Waals surface area contributed by atoms with Crippen LogP contribution in [0.15, 0.2) is 78.9 Å². The number of nitrogens with two attached hydrogens (primary N) is 1. The number of hydrogen-bond donors (Lipinski definition) is 3. The van der Waals surface area contributed by atoms with E-state index in [1.165, 1.54) is 0 Å². The van der Waals surface area contributed by atoms with Crippen LogP contribution in [0.1, 0.15) is 0 Å². The van der Waals surface area contributed by atoms with E-state index in [4.69, 9.17) is 15.7 Å². The van der Waals surface area contributed by atoms with E-state index in [0.717, 1.165) is 22.9 Å². The molecule has 0 aliphatic carbocycles.